The van der Waals surface area contributed by atoms with Crippen LogP contribution in [0.4, 0.5) is 4.39 Å². The van der Waals surface area contributed by atoms with Gasteiger partial charge in [-0.1, -0.05) is 15.9 Å². The van der Waals surface area contributed by atoms with E-state index in [0.29, 0.717) is 24.0 Å². The van der Waals surface area contributed by atoms with Gasteiger partial charge in [0.15, 0.2) is 18.2 Å². The smallest absolute Gasteiger partial charge is 0.260 e. The number of likely N-dealkylation sites (tertiary alicyclic amines) is 1. The monoisotopic (exact) mass is 344 g/mol. The highest BCUT2D eigenvalue weighted by Crippen LogP contribution is 2.22. The summed E-state index contributed by atoms with van der Waals surface area (Å²) in [6.45, 7) is 0.517. The van der Waals surface area contributed by atoms with Crippen molar-refractivity contribution in [1.82, 2.24) is 4.90 Å². The molecule has 2 rings (SSSR count). The van der Waals surface area contributed by atoms with Crippen molar-refractivity contribution < 1.29 is 18.7 Å². The molecular formula is C13H14BrFN2O3. The number of nitrogens with zero attached hydrogens (tertiary/aromatic N) is 1. The van der Waals surface area contributed by atoms with Gasteiger partial charge in [0.05, 0.1) is 5.92 Å². The van der Waals surface area contributed by atoms with Gasteiger partial charge >= 0.3 is 0 Å². The average Bonchev–Trinajstić information content (AvgIpc) is 2.87. The number of primary amides is 1. The van der Waals surface area contributed by atoms with E-state index in [-0.39, 0.29) is 24.2 Å². The van der Waals surface area contributed by atoms with Crippen LogP contribution in [0.25, 0.3) is 0 Å². The Labute approximate surface area is 124 Å². The van der Waals surface area contributed by atoms with Gasteiger partial charge in [0.25, 0.3) is 5.91 Å². The Morgan fingerprint density at radius 2 is 2.25 bits per heavy atom. The van der Waals surface area contributed by atoms with Crippen LogP contribution in [-0.4, -0.2) is 36.4 Å². The summed E-state index contributed by atoms with van der Waals surface area (Å²) in [5, 5.41) is 0. The van der Waals surface area contributed by atoms with Gasteiger partial charge in [0, 0.05) is 17.6 Å². The van der Waals surface area contributed by atoms with E-state index in [4.69, 9.17) is 10.5 Å². The lowest BCUT2D eigenvalue weighted by molar-refractivity contribution is -0.132. The van der Waals surface area contributed by atoms with Crippen molar-refractivity contribution >= 4 is 27.7 Å². The Balaban J connectivity index is 1.88. The van der Waals surface area contributed by atoms with Crippen LogP contribution in [0, 0.1) is 11.7 Å². The number of amides is 2. The minimum absolute atomic E-state index is 0.0206. The molecule has 5 nitrogen and oxygen atoms in total. The summed E-state index contributed by atoms with van der Waals surface area (Å²) in [4.78, 5) is 24.4. The van der Waals surface area contributed by atoms with Gasteiger partial charge in [-0.05, 0) is 24.6 Å². The van der Waals surface area contributed by atoms with E-state index in [2.05, 4.69) is 15.9 Å². The van der Waals surface area contributed by atoms with Crippen molar-refractivity contribution in [2.75, 3.05) is 19.7 Å². The lowest BCUT2D eigenvalue weighted by Crippen LogP contribution is -2.34. The molecule has 1 aliphatic heterocycles. The second-order valence-electron chi connectivity index (χ2n) is 4.59. The fourth-order valence-electron chi connectivity index (χ4n) is 2.04. The van der Waals surface area contributed by atoms with Gasteiger partial charge < -0.3 is 15.4 Å². The molecule has 0 bridgehead atoms. The minimum atomic E-state index is -0.538. The first-order valence-corrected chi connectivity index (χ1v) is 6.91. The van der Waals surface area contributed by atoms with Gasteiger partial charge in [-0.25, -0.2) is 4.39 Å². The van der Waals surface area contributed by atoms with Gasteiger partial charge in [-0.15, -0.1) is 0 Å². The van der Waals surface area contributed by atoms with Crippen LogP contribution in [-0.2, 0) is 9.59 Å². The van der Waals surface area contributed by atoms with Crippen LogP contribution >= 0.6 is 15.9 Å². The van der Waals surface area contributed by atoms with E-state index >= 15 is 0 Å². The van der Waals surface area contributed by atoms with E-state index in [1.165, 1.54) is 17.0 Å². The number of carbonyl (C=O) groups is 2. The zero-order valence-corrected chi connectivity index (χ0v) is 12.2. The third-order valence-corrected chi connectivity index (χ3v) is 3.68. The SMILES string of the molecule is NC(=O)[C@H]1CCN(C(=O)COc2ccc(Br)cc2F)C1. The van der Waals surface area contributed by atoms with E-state index in [9.17, 15) is 14.0 Å². The van der Waals surface area contributed by atoms with Crippen molar-refractivity contribution in [2.24, 2.45) is 11.7 Å². The molecule has 1 heterocycles. The van der Waals surface area contributed by atoms with Crippen LogP contribution in [0.5, 0.6) is 5.75 Å². The predicted octanol–water partition coefficient (Wildman–Crippen LogP) is 1.30. The molecule has 1 fully saturated rings. The van der Waals surface area contributed by atoms with Crippen molar-refractivity contribution in [2.45, 2.75) is 6.42 Å². The molecule has 1 aromatic carbocycles. The van der Waals surface area contributed by atoms with Crippen LogP contribution in [0.3, 0.4) is 0 Å². The highest BCUT2D eigenvalue weighted by molar-refractivity contribution is 9.10. The van der Waals surface area contributed by atoms with Crippen molar-refractivity contribution in [3.05, 3.63) is 28.5 Å². The fraction of sp³-hybridized carbons (Fsp3) is 0.385. The summed E-state index contributed by atoms with van der Waals surface area (Å²) in [6, 6.07) is 4.34. The molecule has 108 valence electrons. The molecule has 0 unspecified atom stereocenters. The first-order chi connectivity index (χ1) is 9.47. The summed E-state index contributed by atoms with van der Waals surface area (Å²) in [5.74, 6) is -1.50. The summed E-state index contributed by atoms with van der Waals surface area (Å²) in [7, 11) is 0. The number of halogens is 2. The van der Waals surface area contributed by atoms with Gasteiger partial charge in [-0.2, -0.15) is 0 Å². The molecule has 0 radical (unpaired) electrons. The highest BCUT2D eigenvalue weighted by atomic mass is 79.9. The Kier molecular flexibility index (Phi) is 4.59. The van der Waals surface area contributed by atoms with E-state index in [0.717, 1.165) is 0 Å². The Hall–Kier alpha value is -1.63. The molecule has 2 amide bonds. The molecule has 20 heavy (non-hydrogen) atoms. The van der Waals surface area contributed by atoms with Gasteiger partial charge in [0.2, 0.25) is 5.91 Å². The quantitative estimate of drug-likeness (QED) is 0.894. The maximum Gasteiger partial charge on any atom is 0.260 e. The maximum absolute atomic E-state index is 13.5. The standard InChI is InChI=1S/C13H14BrFN2O3/c14-9-1-2-11(10(15)5-9)20-7-12(18)17-4-3-8(6-17)13(16)19/h1-2,5,8H,3-4,6-7H2,(H2,16,19)/t8-/m0/s1. The summed E-state index contributed by atoms with van der Waals surface area (Å²) in [6.07, 6.45) is 0.563. The second-order valence-corrected chi connectivity index (χ2v) is 5.51. The Morgan fingerprint density at radius 1 is 1.50 bits per heavy atom. The minimum Gasteiger partial charge on any atom is -0.481 e. The molecule has 0 saturated carbocycles. The normalized spacial score (nSPS) is 18.1. The molecule has 1 aromatic rings. The van der Waals surface area contributed by atoms with Crippen LogP contribution in [0.1, 0.15) is 6.42 Å². The first-order valence-electron chi connectivity index (χ1n) is 6.12. The summed E-state index contributed by atoms with van der Waals surface area (Å²) >= 11 is 3.14. The largest absolute Gasteiger partial charge is 0.481 e. The van der Waals surface area contributed by atoms with E-state index < -0.39 is 11.7 Å². The third kappa shape index (κ3) is 3.47. The molecule has 7 heteroatoms. The van der Waals surface area contributed by atoms with Gasteiger partial charge in [0.1, 0.15) is 0 Å². The predicted molar refractivity (Wildman–Crippen MR) is 73.5 cm³/mol. The third-order valence-electron chi connectivity index (χ3n) is 3.19. The number of carbonyl (C=O) groups excluding carboxylic acids is 2. The van der Waals surface area contributed by atoms with Crippen molar-refractivity contribution in [3.8, 4) is 5.75 Å². The molecule has 1 saturated heterocycles. The molecular weight excluding hydrogens is 331 g/mol. The fourth-order valence-corrected chi connectivity index (χ4v) is 2.38. The molecule has 0 spiro atoms. The first kappa shape index (κ1) is 14.8. The zero-order chi connectivity index (χ0) is 14.7. The van der Waals surface area contributed by atoms with Crippen molar-refractivity contribution in [1.29, 1.82) is 0 Å². The molecule has 0 aliphatic carbocycles. The topological polar surface area (TPSA) is 72.6 Å². The molecule has 0 aromatic heterocycles. The van der Waals surface area contributed by atoms with E-state index in [1.54, 1.807) is 6.07 Å². The zero-order valence-electron chi connectivity index (χ0n) is 10.6. The average molecular weight is 345 g/mol. The molecule has 2 N–H and O–H groups in total. The van der Waals surface area contributed by atoms with Crippen molar-refractivity contribution in [3.63, 3.8) is 0 Å². The number of benzene rings is 1. The maximum atomic E-state index is 13.5. The summed E-state index contributed by atoms with van der Waals surface area (Å²) < 4.78 is 19.3. The number of rotatable bonds is 4. The lowest BCUT2D eigenvalue weighted by atomic mass is 10.1. The van der Waals surface area contributed by atoms with Crippen LogP contribution in [0.15, 0.2) is 22.7 Å². The Bertz CT molecular complexity index is 538. The number of hydrogen-bond donors (Lipinski definition) is 1. The number of ether oxygens (including phenoxy) is 1. The summed E-state index contributed by atoms with van der Waals surface area (Å²) in [5.41, 5.74) is 5.20. The number of hydrogen-bond acceptors (Lipinski definition) is 3. The second kappa shape index (κ2) is 6.21. The van der Waals surface area contributed by atoms with Gasteiger partial charge in [-0.3, -0.25) is 9.59 Å². The molecule has 1 atom stereocenters. The molecule has 1 aliphatic rings. The highest BCUT2D eigenvalue weighted by Gasteiger charge is 2.29. The van der Waals surface area contributed by atoms with Crippen LogP contribution < -0.4 is 10.5 Å². The number of nitrogens with two attached hydrogens (primary N) is 1. The lowest BCUT2D eigenvalue weighted by Gasteiger charge is -2.16. The Morgan fingerprint density at radius 3 is 2.85 bits per heavy atom. The van der Waals surface area contributed by atoms with E-state index in [1.807, 2.05) is 0 Å². The van der Waals surface area contributed by atoms with Crippen LogP contribution in [0.2, 0.25) is 0 Å².